The Kier molecular flexibility index (Phi) is 5.42. The highest BCUT2D eigenvalue weighted by atomic mass is 32.2. The lowest BCUT2D eigenvalue weighted by Gasteiger charge is -2.11. The molecule has 9 nitrogen and oxygen atoms in total. The van der Waals surface area contributed by atoms with E-state index >= 15 is 0 Å². The summed E-state index contributed by atoms with van der Waals surface area (Å²) in [5.41, 5.74) is 3.21. The molecule has 0 radical (unpaired) electrons. The minimum absolute atomic E-state index is 0.0987. The Morgan fingerprint density at radius 3 is 2.73 bits per heavy atom. The van der Waals surface area contributed by atoms with Crippen molar-refractivity contribution in [1.82, 2.24) is 25.2 Å². The number of aromatic nitrogens is 4. The molecule has 3 aromatic rings. The van der Waals surface area contributed by atoms with Crippen LogP contribution in [0.25, 0.3) is 11.4 Å². The molecule has 1 saturated heterocycles. The standard InChI is InChI=1S/C20H23N5O4S/c1-13-17(14(2)25(23-13)16-8-9-30(27,28)12-16)10-18(26)21-11-19-22-20(24-29-19)15-6-4-3-5-7-15/h3-7,16H,8-12H2,1-2H3,(H,21,26)/t16-/m1/s1. The second-order valence-corrected chi connectivity index (χ2v) is 9.71. The van der Waals surface area contributed by atoms with Crippen molar-refractivity contribution in [3.63, 3.8) is 0 Å². The van der Waals surface area contributed by atoms with Crippen LogP contribution in [0, 0.1) is 13.8 Å². The van der Waals surface area contributed by atoms with Gasteiger partial charge in [-0.15, -0.1) is 0 Å². The molecule has 1 aliphatic heterocycles. The Balaban J connectivity index is 1.38. The van der Waals surface area contributed by atoms with Gasteiger partial charge in [-0.3, -0.25) is 9.48 Å². The lowest BCUT2D eigenvalue weighted by molar-refractivity contribution is -0.120. The average Bonchev–Trinajstić information content (AvgIpc) is 3.41. The van der Waals surface area contributed by atoms with E-state index in [2.05, 4.69) is 20.6 Å². The van der Waals surface area contributed by atoms with Crippen molar-refractivity contribution in [1.29, 1.82) is 0 Å². The molecule has 0 saturated carbocycles. The number of amides is 1. The largest absolute Gasteiger partial charge is 0.347 e. The van der Waals surface area contributed by atoms with Gasteiger partial charge >= 0.3 is 0 Å². The van der Waals surface area contributed by atoms with E-state index in [1.165, 1.54) is 0 Å². The van der Waals surface area contributed by atoms with Gasteiger partial charge in [0, 0.05) is 16.8 Å². The van der Waals surface area contributed by atoms with E-state index in [0.717, 1.165) is 22.5 Å². The first-order valence-corrected chi connectivity index (χ1v) is 11.5. The van der Waals surface area contributed by atoms with Gasteiger partial charge < -0.3 is 9.84 Å². The van der Waals surface area contributed by atoms with E-state index in [1.807, 2.05) is 44.2 Å². The Hall–Kier alpha value is -3.01. The van der Waals surface area contributed by atoms with Gasteiger partial charge in [0.05, 0.1) is 36.2 Å². The van der Waals surface area contributed by atoms with Gasteiger partial charge in [-0.2, -0.15) is 10.1 Å². The number of carbonyl (C=O) groups excluding carboxylic acids is 1. The smallest absolute Gasteiger partial charge is 0.246 e. The number of benzene rings is 1. The Morgan fingerprint density at radius 1 is 1.27 bits per heavy atom. The SMILES string of the molecule is Cc1nn([C@@H]2CCS(=O)(=O)C2)c(C)c1CC(=O)NCc1nc(-c2ccccc2)no1. The van der Waals surface area contributed by atoms with Crippen LogP contribution < -0.4 is 5.32 Å². The summed E-state index contributed by atoms with van der Waals surface area (Å²) < 4.78 is 30.5. The summed E-state index contributed by atoms with van der Waals surface area (Å²) in [6, 6.07) is 9.28. The third-order valence-electron chi connectivity index (χ3n) is 5.30. The summed E-state index contributed by atoms with van der Waals surface area (Å²) in [5, 5.41) is 11.2. The molecule has 1 N–H and O–H groups in total. The molecule has 158 valence electrons. The van der Waals surface area contributed by atoms with Gasteiger partial charge in [0.15, 0.2) is 9.84 Å². The molecule has 1 aromatic carbocycles. The number of carbonyl (C=O) groups is 1. The highest BCUT2D eigenvalue weighted by Crippen LogP contribution is 2.27. The van der Waals surface area contributed by atoms with Crippen LogP contribution >= 0.6 is 0 Å². The van der Waals surface area contributed by atoms with Crippen LogP contribution in [-0.4, -0.2) is 45.8 Å². The molecule has 30 heavy (non-hydrogen) atoms. The zero-order chi connectivity index (χ0) is 21.3. The number of hydrogen-bond acceptors (Lipinski definition) is 7. The molecule has 4 rings (SSSR count). The van der Waals surface area contributed by atoms with E-state index in [1.54, 1.807) is 4.68 Å². The van der Waals surface area contributed by atoms with Gasteiger partial charge in [0.1, 0.15) is 0 Å². The number of nitrogens with one attached hydrogen (secondary N) is 1. The highest BCUT2D eigenvalue weighted by Gasteiger charge is 2.31. The maximum atomic E-state index is 12.5. The van der Waals surface area contributed by atoms with Gasteiger partial charge in [-0.1, -0.05) is 35.5 Å². The minimum atomic E-state index is -3.01. The van der Waals surface area contributed by atoms with Crippen LogP contribution in [0.2, 0.25) is 0 Å². The van der Waals surface area contributed by atoms with E-state index in [0.29, 0.717) is 18.1 Å². The average molecular weight is 430 g/mol. The fraction of sp³-hybridized carbons (Fsp3) is 0.400. The number of sulfone groups is 1. The van der Waals surface area contributed by atoms with Crippen LogP contribution in [0.5, 0.6) is 0 Å². The molecule has 1 aliphatic rings. The molecular formula is C20H23N5O4S. The topological polar surface area (TPSA) is 120 Å². The van der Waals surface area contributed by atoms with Crippen LogP contribution in [0.15, 0.2) is 34.9 Å². The van der Waals surface area contributed by atoms with Gasteiger partial charge in [0.2, 0.25) is 17.6 Å². The summed E-state index contributed by atoms with van der Waals surface area (Å²) in [7, 11) is -3.01. The predicted molar refractivity (Wildman–Crippen MR) is 109 cm³/mol. The van der Waals surface area contributed by atoms with Crippen molar-refractivity contribution in [3.05, 3.63) is 53.2 Å². The maximum absolute atomic E-state index is 12.5. The first-order valence-electron chi connectivity index (χ1n) is 9.72. The van der Waals surface area contributed by atoms with E-state index < -0.39 is 9.84 Å². The van der Waals surface area contributed by atoms with Crippen LogP contribution in [0.3, 0.4) is 0 Å². The fourth-order valence-corrected chi connectivity index (χ4v) is 5.40. The first kappa shape index (κ1) is 20.3. The van der Waals surface area contributed by atoms with Crippen molar-refractivity contribution in [2.75, 3.05) is 11.5 Å². The number of aryl methyl sites for hydroxylation is 1. The van der Waals surface area contributed by atoms with Crippen molar-refractivity contribution >= 4 is 15.7 Å². The van der Waals surface area contributed by atoms with Crippen molar-refractivity contribution in [2.24, 2.45) is 0 Å². The summed E-state index contributed by atoms with van der Waals surface area (Å²) in [6.45, 7) is 3.84. The van der Waals surface area contributed by atoms with Gasteiger partial charge in [0.25, 0.3) is 0 Å². The first-order chi connectivity index (χ1) is 14.3. The Labute approximate surface area is 174 Å². The van der Waals surface area contributed by atoms with E-state index in [4.69, 9.17) is 4.52 Å². The zero-order valence-electron chi connectivity index (χ0n) is 16.8. The predicted octanol–water partition coefficient (Wildman–Crippen LogP) is 1.77. The maximum Gasteiger partial charge on any atom is 0.246 e. The molecule has 1 fully saturated rings. The second kappa shape index (κ2) is 8.02. The Morgan fingerprint density at radius 2 is 2.03 bits per heavy atom. The molecule has 0 aliphatic carbocycles. The second-order valence-electron chi connectivity index (χ2n) is 7.48. The molecule has 0 bridgehead atoms. The quantitative estimate of drug-likeness (QED) is 0.634. The highest BCUT2D eigenvalue weighted by molar-refractivity contribution is 7.91. The minimum Gasteiger partial charge on any atom is -0.347 e. The van der Waals surface area contributed by atoms with E-state index in [-0.39, 0.29) is 36.4 Å². The Bertz CT molecular complexity index is 1170. The molecule has 1 atom stereocenters. The summed E-state index contributed by atoms with van der Waals surface area (Å²) in [4.78, 5) is 16.8. The molecule has 10 heteroatoms. The molecule has 2 aromatic heterocycles. The summed E-state index contributed by atoms with van der Waals surface area (Å²) in [6.07, 6.45) is 0.702. The van der Waals surface area contributed by atoms with Crippen LogP contribution in [0.1, 0.15) is 35.3 Å². The molecule has 1 amide bonds. The number of nitrogens with zero attached hydrogens (tertiary/aromatic N) is 4. The zero-order valence-corrected chi connectivity index (χ0v) is 17.6. The fourth-order valence-electron chi connectivity index (χ4n) is 3.71. The summed E-state index contributed by atoms with van der Waals surface area (Å²) >= 11 is 0. The molecule has 0 spiro atoms. The van der Waals surface area contributed by atoms with E-state index in [9.17, 15) is 13.2 Å². The normalized spacial score (nSPS) is 17.9. The third-order valence-corrected chi connectivity index (χ3v) is 7.05. The lowest BCUT2D eigenvalue weighted by Crippen LogP contribution is -2.25. The molecule has 0 unspecified atom stereocenters. The van der Waals surface area contributed by atoms with Gasteiger partial charge in [-0.25, -0.2) is 8.42 Å². The number of rotatable bonds is 6. The van der Waals surface area contributed by atoms with Crippen LogP contribution in [-0.2, 0) is 27.6 Å². The van der Waals surface area contributed by atoms with Crippen molar-refractivity contribution in [2.45, 2.75) is 39.3 Å². The molecular weight excluding hydrogens is 406 g/mol. The number of hydrogen-bond donors (Lipinski definition) is 1. The monoisotopic (exact) mass is 429 g/mol. The van der Waals surface area contributed by atoms with Crippen molar-refractivity contribution < 1.29 is 17.7 Å². The molecule has 3 heterocycles. The lowest BCUT2D eigenvalue weighted by atomic mass is 10.1. The van der Waals surface area contributed by atoms with Crippen molar-refractivity contribution in [3.8, 4) is 11.4 Å². The summed E-state index contributed by atoms with van der Waals surface area (Å²) in [5.74, 6) is 0.878. The van der Waals surface area contributed by atoms with Crippen LogP contribution in [0.4, 0.5) is 0 Å². The third kappa shape index (κ3) is 4.28. The van der Waals surface area contributed by atoms with Gasteiger partial charge in [-0.05, 0) is 20.3 Å².